The van der Waals surface area contributed by atoms with E-state index in [0.717, 1.165) is 35.3 Å². The molecule has 4 rings (SSSR count). The first kappa shape index (κ1) is 20.6. The van der Waals surface area contributed by atoms with Crippen LogP contribution in [0.4, 0.5) is 4.39 Å². The standard InChI is InChI=1S/C25H26FO3S/c1-18-14-22(30-12-5-6-13-30)15-19(2)24(18)28-17-23(27)29-25(10-3-4-11-25)20-8-7-9-21(26)16-20/h5-9,12-16H,3-4,10-11,17H2,1-2H3/q+1. The van der Waals surface area contributed by atoms with Crippen molar-refractivity contribution in [2.75, 3.05) is 6.61 Å². The van der Waals surface area contributed by atoms with E-state index in [1.54, 1.807) is 6.07 Å². The van der Waals surface area contributed by atoms with E-state index < -0.39 is 11.6 Å². The summed E-state index contributed by atoms with van der Waals surface area (Å²) >= 11 is 0. The first-order valence-electron chi connectivity index (χ1n) is 10.3. The third kappa shape index (κ3) is 4.26. The lowest BCUT2D eigenvalue weighted by molar-refractivity contribution is -0.163. The number of hydrogen-bond acceptors (Lipinski definition) is 3. The van der Waals surface area contributed by atoms with Crippen molar-refractivity contribution in [1.29, 1.82) is 0 Å². The van der Waals surface area contributed by atoms with E-state index in [0.29, 0.717) is 12.8 Å². The normalized spacial score (nSPS) is 15.2. The molecule has 1 aromatic heterocycles. The van der Waals surface area contributed by atoms with Gasteiger partial charge in [-0.05, 0) is 80.5 Å². The van der Waals surface area contributed by atoms with Crippen LogP contribution in [0.15, 0.2) is 59.3 Å². The van der Waals surface area contributed by atoms with Gasteiger partial charge in [0.25, 0.3) is 0 Å². The molecule has 0 atom stereocenters. The van der Waals surface area contributed by atoms with Crippen molar-refractivity contribution in [2.45, 2.75) is 45.1 Å². The number of halogens is 1. The molecule has 0 radical (unpaired) electrons. The van der Waals surface area contributed by atoms with Gasteiger partial charge in [0.05, 0.1) is 0 Å². The molecule has 1 saturated carbocycles. The minimum Gasteiger partial charge on any atom is -0.481 e. The first-order chi connectivity index (χ1) is 14.5. The summed E-state index contributed by atoms with van der Waals surface area (Å²) in [7, 11) is -0.00333. The molecule has 0 amide bonds. The van der Waals surface area contributed by atoms with Crippen LogP contribution in [0.1, 0.15) is 42.4 Å². The van der Waals surface area contributed by atoms with Gasteiger partial charge in [0, 0.05) is 22.6 Å². The van der Waals surface area contributed by atoms with E-state index >= 15 is 0 Å². The number of carbonyl (C=O) groups is 1. The minimum atomic E-state index is -0.751. The Morgan fingerprint density at radius 3 is 2.33 bits per heavy atom. The van der Waals surface area contributed by atoms with E-state index in [-0.39, 0.29) is 22.9 Å². The Hall–Kier alpha value is -2.66. The van der Waals surface area contributed by atoms with E-state index in [2.05, 4.69) is 35.0 Å². The van der Waals surface area contributed by atoms with E-state index in [4.69, 9.17) is 9.47 Å². The van der Waals surface area contributed by atoms with Gasteiger partial charge in [-0.25, -0.2) is 9.18 Å². The Labute approximate surface area is 179 Å². The molecule has 0 aliphatic heterocycles. The van der Waals surface area contributed by atoms with Crippen LogP contribution in [-0.4, -0.2) is 12.6 Å². The van der Waals surface area contributed by atoms with Gasteiger partial charge in [0.2, 0.25) is 0 Å². The maximum absolute atomic E-state index is 13.8. The maximum Gasteiger partial charge on any atom is 0.345 e. The number of ether oxygens (including phenoxy) is 2. The zero-order valence-corrected chi connectivity index (χ0v) is 18.1. The van der Waals surface area contributed by atoms with Crippen molar-refractivity contribution in [1.82, 2.24) is 0 Å². The summed E-state index contributed by atoms with van der Waals surface area (Å²) < 4.78 is 25.5. The molecule has 0 N–H and O–H groups in total. The van der Waals surface area contributed by atoms with Gasteiger partial charge in [-0.2, -0.15) is 0 Å². The van der Waals surface area contributed by atoms with E-state index in [1.807, 2.05) is 19.9 Å². The number of thiophene rings is 1. The fourth-order valence-electron chi connectivity index (χ4n) is 4.28. The minimum absolute atomic E-state index is 0.00333. The number of aryl methyl sites for hydroxylation is 2. The van der Waals surface area contributed by atoms with Crippen molar-refractivity contribution >= 4 is 16.4 Å². The van der Waals surface area contributed by atoms with E-state index in [9.17, 15) is 9.18 Å². The van der Waals surface area contributed by atoms with Crippen molar-refractivity contribution < 1.29 is 18.7 Å². The highest BCUT2D eigenvalue weighted by atomic mass is 32.2. The van der Waals surface area contributed by atoms with Crippen molar-refractivity contribution in [3.05, 3.63) is 81.8 Å². The highest BCUT2D eigenvalue weighted by Gasteiger charge is 2.39. The van der Waals surface area contributed by atoms with Crippen LogP contribution in [-0.2, 0) is 15.1 Å². The number of benzene rings is 2. The van der Waals surface area contributed by atoms with Gasteiger partial charge in [-0.1, -0.05) is 12.1 Å². The summed E-state index contributed by atoms with van der Waals surface area (Å²) in [6, 6.07) is 14.7. The third-order valence-electron chi connectivity index (χ3n) is 5.67. The van der Waals surface area contributed by atoms with Gasteiger partial charge < -0.3 is 9.47 Å². The topological polar surface area (TPSA) is 35.5 Å². The van der Waals surface area contributed by atoms with Crippen LogP contribution >= 0.6 is 10.5 Å². The molecule has 1 aliphatic rings. The monoisotopic (exact) mass is 425 g/mol. The van der Waals surface area contributed by atoms with Crippen molar-refractivity contribution in [2.24, 2.45) is 0 Å². The molecule has 0 spiro atoms. The summed E-state index contributed by atoms with van der Waals surface area (Å²) in [5, 5.41) is 4.36. The van der Waals surface area contributed by atoms with Crippen LogP contribution < -0.4 is 4.74 Å². The average molecular weight is 426 g/mol. The summed E-state index contributed by atoms with van der Waals surface area (Å²) in [5.74, 6) is -0.0182. The van der Waals surface area contributed by atoms with Crippen LogP contribution in [0, 0.1) is 19.7 Å². The summed E-state index contributed by atoms with van der Waals surface area (Å²) in [5.41, 5.74) is 1.97. The molecule has 0 bridgehead atoms. The third-order valence-corrected chi connectivity index (χ3v) is 7.35. The zero-order chi connectivity index (χ0) is 21.1. The summed E-state index contributed by atoms with van der Waals surface area (Å²) in [6.07, 6.45) is 3.32. The highest BCUT2D eigenvalue weighted by molar-refractivity contribution is 7.36. The van der Waals surface area contributed by atoms with Crippen molar-refractivity contribution in [3.63, 3.8) is 0 Å². The molecule has 0 saturated heterocycles. The Kier molecular flexibility index (Phi) is 5.91. The predicted molar refractivity (Wildman–Crippen MR) is 118 cm³/mol. The van der Waals surface area contributed by atoms with Crippen LogP contribution in [0.3, 0.4) is 0 Å². The fraction of sp³-hybridized carbons (Fsp3) is 0.320. The molecular formula is C25H26FO3S+. The lowest BCUT2D eigenvalue weighted by atomic mass is 9.92. The Balaban J connectivity index is 1.47. The summed E-state index contributed by atoms with van der Waals surface area (Å²) in [6.45, 7) is 3.83. The smallest absolute Gasteiger partial charge is 0.345 e. The molecule has 30 heavy (non-hydrogen) atoms. The molecule has 3 nitrogen and oxygen atoms in total. The first-order valence-corrected chi connectivity index (χ1v) is 11.6. The lowest BCUT2D eigenvalue weighted by Crippen LogP contribution is -2.32. The quantitative estimate of drug-likeness (QED) is 0.331. The Bertz CT molecular complexity index is 1010. The molecular weight excluding hydrogens is 399 g/mol. The fourth-order valence-corrected chi connectivity index (χ4v) is 5.83. The SMILES string of the molecule is Cc1cc(-[s+]2cccc2)cc(C)c1OCC(=O)OC1(c2cccc(F)c2)CCCC1. The molecule has 5 heteroatoms. The molecule has 1 aliphatic carbocycles. The van der Waals surface area contributed by atoms with Gasteiger partial charge in [0.1, 0.15) is 27.9 Å². The highest BCUT2D eigenvalue weighted by Crippen LogP contribution is 2.42. The average Bonchev–Trinajstić information content (AvgIpc) is 3.40. The van der Waals surface area contributed by atoms with Crippen LogP contribution in [0.25, 0.3) is 4.90 Å². The molecule has 1 heterocycles. The second-order valence-corrected chi connectivity index (χ2v) is 9.65. The molecule has 156 valence electrons. The van der Waals surface area contributed by atoms with Gasteiger partial charge in [0.15, 0.2) is 11.5 Å². The molecule has 2 aromatic carbocycles. The molecule has 0 unspecified atom stereocenters. The molecule has 1 fully saturated rings. The second-order valence-electron chi connectivity index (χ2n) is 7.89. The predicted octanol–water partition coefficient (Wildman–Crippen LogP) is 6.57. The van der Waals surface area contributed by atoms with Crippen molar-refractivity contribution in [3.8, 4) is 10.6 Å². The lowest BCUT2D eigenvalue weighted by Gasteiger charge is -2.29. The van der Waals surface area contributed by atoms with Crippen LogP contribution in [0.5, 0.6) is 5.75 Å². The number of carbonyl (C=O) groups excluding carboxylic acids is 1. The Morgan fingerprint density at radius 1 is 1.03 bits per heavy atom. The number of esters is 1. The maximum atomic E-state index is 13.8. The van der Waals surface area contributed by atoms with Crippen LogP contribution in [0.2, 0.25) is 0 Å². The van der Waals surface area contributed by atoms with Gasteiger partial charge in [-0.15, -0.1) is 0 Å². The Morgan fingerprint density at radius 2 is 1.70 bits per heavy atom. The summed E-state index contributed by atoms with van der Waals surface area (Å²) in [4.78, 5) is 13.9. The zero-order valence-electron chi connectivity index (χ0n) is 17.3. The largest absolute Gasteiger partial charge is 0.481 e. The van der Waals surface area contributed by atoms with Gasteiger partial charge in [-0.3, -0.25) is 0 Å². The number of hydrogen-bond donors (Lipinski definition) is 0. The number of rotatable bonds is 6. The second kappa shape index (κ2) is 8.60. The van der Waals surface area contributed by atoms with E-state index in [1.165, 1.54) is 17.0 Å². The van der Waals surface area contributed by atoms with Gasteiger partial charge >= 0.3 is 5.97 Å². The molecule has 3 aromatic rings.